The van der Waals surface area contributed by atoms with Crippen molar-refractivity contribution >= 4 is 11.7 Å². The smallest absolute Gasteiger partial charge is 0.384 e. The second-order valence-electron chi connectivity index (χ2n) is 11.2. The molecule has 41 heavy (non-hydrogen) atoms. The number of ketones is 1. The third-order valence-electron chi connectivity index (χ3n) is 8.38. The van der Waals surface area contributed by atoms with Gasteiger partial charge in [0.05, 0.1) is 11.3 Å². The van der Waals surface area contributed by atoms with Gasteiger partial charge in [0.1, 0.15) is 5.60 Å². The predicted molar refractivity (Wildman–Crippen MR) is 145 cm³/mol. The molecule has 1 atom stereocenters. The van der Waals surface area contributed by atoms with Crippen molar-refractivity contribution in [3.05, 3.63) is 77.9 Å². The molecule has 10 heteroatoms. The minimum atomic E-state index is -4.52. The highest BCUT2D eigenvalue weighted by Crippen LogP contribution is 2.42. The summed E-state index contributed by atoms with van der Waals surface area (Å²) >= 11 is 0. The fourth-order valence-corrected chi connectivity index (χ4v) is 6.01. The van der Waals surface area contributed by atoms with E-state index in [0.717, 1.165) is 43.4 Å². The molecule has 7 nitrogen and oxygen atoms in total. The molecule has 1 aromatic carbocycles. The van der Waals surface area contributed by atoms with Crippen LogP contribution >= 0.6 is 0 Å². The molecule has 1 unspecified atom stereocenters. The van der Waals surface area contributed by atoms with E-state index in [2.05, 4.69) is 15.0 Å². The van der Waals surface area contributed by atoms with Crippen LogP contribution in [0.1, 0.15) is 73.0 Å². The molecule has 1 saturated heterocycles. The fourth-order valence-electron chi connectivity index (χ4n) is 6.01. The van der Waals surface area contributed by atoms with Crippen molar-refractivity contribution in [2.45, 2.75) is 63.1 Å². The summed E-state index contributed by atoms with van der Waals surface area (Å²) < 4.78 is 38.8. The van der Waals surface area contributed by atoms with Crippen LogP contribution in [0, 0.1) is 11.8 Å². The lowest BCUT2D eigenvalue weighted by molar-refractivity contribution is -0.137. The summed E-state index contributed by atoms with van der Waals surface area (Å²) in [6.45, 7) is 1.25. The topological polar surface area (TPSA) is 96.3 Å². The molecule has 5 rings (SSSR count). The Kier molecular flexibility index (Phi) is 8.49. The molecule has 3 heterocycles. The van der Waals surface area contributed by atoms with Gasteiger partial charge in [-0.1, -0.05) is 12.1 Å². The van der Waals surface area contributed by atoms with Crippen LogP contribution in [0.5, 0.6) is 0 Å². The summed E-state index contributed by atoms with van der Waals surface area (Å²) in [5.41, 5.74) is -0.401. The number of rotatable bonds is 8. The van der Waals surface area contributed by atoms with E-state index in [1.807, 2.05) is 12.1 Å². The number of halogens is 3. The normalized spacial score (nSPS) is 23.0. The zero-order chi connectivity index (χ0) is 29.0. The van der Waals surface area contributed by atoms with Gasteiger partial charge < -0.3 is 10.0 Å². The SMILES string of the molecule is O=C(CCC(=O)N1CCC(CC2CCC(O)(c3ccc(-c4ncccn4)cn3)CC2)C1)c1cccc(C(F)(F)F)c1. The van der Waals surface area contributed by atoms with E-state index in [0.29, 0.717) is 49.3 Å². The molecule has 2 fully saturated rings. The van der Waals surface area contributed by atoms with Crippen LogP contribution < -0.4 is 0 Å². The van der Waals surface area contributed by atoms with Gasteiger partial charge in [-0.3, -0.25) is 14.6 Å². The molecular formula is C31H33F3N4O3. The minimum absolute atomic E-state index is 0.0134. The van der Waals surface area contributed by atoms with Crippen molar-refractivity contribution in [1.29, 1.82) is 0 Å². The first kappa shape index (κ1) is 28.9. The molecule has 216 valence electrons. The lowest BCUT2D eigenvalue weighted by Crippen LogP contribution is -2.33. The summed E-state index contributed by atoms with van der Waals surface area (Å²) in [4.78, 5) is 40.0. The van der Waals surface area contributed by atoms with Crippen LogP contribution in [-0.4, -0.2) is 49.7 Å². The Balaban J connectivity index is 1.06. The highest BCUT2D eigenvalue weighted by atomic mass is 19.4. The van der Waals surface area contributed by atoms with Crippen LogP contribution in [0.2, 0.25) is 0 Å². The molecule has 2 aliphatic rings. The summed E-state index contributed by atoms with van der Waals surface area (Å²) in [6.07, 6.45) is 5.26. The van der Waals surface area contributed by atoms with E-state index in [1.165, 1.54) is 12.1 Å². The van der Waals surface area contributed by atoms with E-state index >= 15 is 0 Å². The second-order valence-corrected chi connectivity index (χ2v) is 11.2. The number of amides is 1. The van der Waals surface area contributed by atoms with Gasteiger partial charge in [0.15, 0.2) is 11.6 Å². The van der Waals surface area contributed by atoms with E-state index in [9.17, 15) is 27.9 Å². The van der Waals surface area contributed by atoms with Gasteiger partial charge in [0.25, 0.3) is 0 Å². The first-order valence-electron chi connectivity index (χ1n) is 14.1. The van der Waals surface area contributed by atoms with E-state index in [-0.39, 0.29) is 24.3 Å². The van der Waals surface area contributed by atoms with Crippen LogP contribution in [0.15, 0.2) is 61.1 Å². The third kappa shape index (κ3) is 6.98. The number of hydrogen-bond acceptors (Lipinski definition) is 6. The molecule has 1 saturated carbocycles. The number of hydrogen-bond donors (Lipinski definition) is 1. The largest absolute Gasteiger partial charge is 0.416 e. The Morgan fingerprint density at radius 2 is 1.71 bits per heavy atom. The summed E-state index contributed by atoms with van der Waals surface area (Å²) in [5.74, 6) is 0.801. The Bertz CT molecular complexity index is 1360. The number of aliphatic hydroxyl groups is 1. The monoisotopic (exact) mass is 566 g/mol. The van der Waals surface area contributed by atoms with Gasteiger partial charge in [-0.2, -0.15) is 13.2 Å². The van der Waals surface area contributed by atoms with Crippen molar-refractivity contribution < 1.29 is 27.9 Å². The second kappa shape index (κ2) is 12.1. The fraction of sp³-hybridized carbons (Fsp3) is 0.452. The number of aromatic nitrogens is 3. The quantitative estimate of drug-likeness (QED) is 0.345. The van der Waals surface area contributed by atoms with Crippen LogP contribution in [0.4, 0.5) is 13.2 Å². The maximum Gasteiger partial charge on any atom is 0.416 e. The first-order valence-corrected chi connectivity index (χ1v) is 14.1. The van der Waals surface area contributed by atoms with E-state index < -0.39 is 23.1 Å². The van der Waals surface area contributed by atoms with Crippen molar-refractivity contribution in [3.63, 3.8) is 0 Å². The molecule has 1 aliphatic heterocycles. The molecule has 0 radical (unpaired) electrons. The van der Waals surface area contributed by atoms with Gasteiger partial charge in [0.2, 0.25) is 5.91 Å². The number of Topliss-reactive ketones (excluding diaryl/α,β-unsaturated/α-hetero) is 1. The molecule has 0 bridgehead atoms. The van der Waals surface area contributed by atoms with Crippen LogP contribution in [0.3, 0.4) is 0 Å². The van der Waals surface area contributed by atoms with Gasteiger partial charge in [-0.15, -0.1) is 0 Å². The summed E-state index contributed by atoms with van der Waals surface area (Å²) in [7, 11) is 0. The number of benzene rings is 1. The highest BCUT2D eigenvalue weighted by Gasteiger charge is 2.38. The first-order chi connectivity index (χ1) is 19.6. The van der Waals surface area contributed by atoms with Gasteiger partial charge in [0, 0.05) is 55.6 Å². The summed E-state index contributed by atoms with van der Waals surface area (Å²) in [6, 6.07) is 9.82. The maximum absolute atomic E-state index is 12.9. The Labute approximate surface area is 236 Å². The predicted octanol–water partition coefficient (Wildman–Crippen LogP) is 5.84. The Morgan fingerprint density at radius 3 is 2.39 bits per heavy atom. The lowest BCUT2D eigenvalue weighted by Gasteiger charge is -2.36. The number of carbonyl (C=O) groups is 2. The molecule has 1 aliphatic carbocycles. The molecular weight excluding hydrogens is 533 g/mol. The van der Waals surface area contributed by atoms with Crippen molar-refractivity contribution in [2.75, 3.05) is 13.1 Å². The van der Waals surface area contributed by atoms with E-state index in [4.69, 9.17) is 0 Å². The van der Waals surface area contributed by atoms with Crippen molar-refractivity contribution in [1.82, 2.24) is 19.9 Å². The van der Waals surface area contributed by atoms with Crippen LogP contribution in [-0.2, 0) is 16.6 Å². The van der Waals surface area contributed by atoms with Crippen LogP contribution in [0.25, 0.3) is 11.4 Å². The number of carbonyl (C=O) groups excluding carboxylic acids is 2. The van der Waals surface area contributed by atoms with Gasteiger partial charge in [-0.05, 0) is 80.7 Å². The number of alkyl halides is 3. The molecule has 0 spiro atoms. The van der Waals surface area contributed by atoms with Gasteiger partial charge >= 0.3 is 6.18 Å². The number of likely N-dealkylation sites (tertiary alicyclic amines) is 1. The molecule has 2 aromatic heterocycles. The number of pyridine rings is 1. The van der Waals surface area contributed by atoms with E-state index in [1.54, 1.807) is 29.6 Å². The Morgan fingerprint density at radius 1 is 0.951 bits per heavy atom. The lowest BCUT2D eigenvalue weighted by atomic mass is 9.74. The third-order valence-corrected chi connectivity index (χ3v) is 8.38. The summed E-state index contributed by atoms with van der Waals surface area (Å²) in [5, 5.41) is 11.3. The van der Waals surface area contributed by atoms with Gasteiger partial charge in [-0.25, -0.2) is 9.97 Å². The Hall–Kier alpha value is -3.66. The van der Waals surface area contributed by atoms with Crippen molar-refractivity contribution in [3.8, 4) is 11.4 Å². The highest BCUT2D eigenvalue weighted by molar-refractivity contribution is 5.98. The molecule has 3 aromatic rings. The average Bonchev–Trinajstić information content (AvgIpc) is 3.46. The zero-order valence-electron chi connectivity index (χ0n) is 22.7. The molecule has 1 N–H and O–H groups in total. The average molecular weight is 567 g/mol. The number of nitrogens with zero attached hydrogens (tertiary/aromatic N) is 4. The van der Waals surface area contributed by atoms with Crippen molar-refractivity contribution in [2.24, 2.45) is 11.8 Å². The minimum Gasteiger partial charge on any atom is -0.384 e. The molecule has 1 amide bonds. The maximum atomic E-state index is 12.9. The standard InChI is InChI=1S/C31H33F3N4O3/c32-31(33,34)25-4-1-3-23(18-25)26(39)6-8-28(40)38-16-11-22(20-38)17-21-9-12-30(41,13-10-21)27-7-5-24(19-37-27)29-35-14-2-15-36-29/h1-5,7,14-15,18-19,21-22,41H,6,8-13,16-17,20H2. The zero-order valence-corrected chi connectivity index (χ0v) is 22.7.